The Morgan fingerprint density at radius 2 is 1.84 bits per heavy atom. The van der Waals surface area contributed by atoms with Gasteiger partial charge in [0.05, 0.1) is 12.8 Å². The lowest BCUT2D eigenvalue weighted by atomic mass is 9.94. The van der Waals surface area contributed by atoms with Crippen LogP contribution in [0.15, 0.2) is 71.2 Å². The van der Waals surface area contributed by atoms with E-state index in [2.05, 4.69) is 26.6 Å². The maximum absolute atomic E-state index is 13.4. The van der Waals surface area contributed by atoms with Gasteiger partial charge in [0.1, 0.15) is 5.75 Å². The van der Waals surface area contributed by atoms with Crippen molar-refractivity contribution in [3.63, 3.8) is 0 Å². The molecule has 3 aromatic rings. The summed E-state index contributed by atoms with van der Waals surface area (Å²) in [5.41, 5.74) is -0.629. The number of carbonyl (C=O) groups is 2. The van der Waals surface area contributed by atoms with E-state index in [4.69, 9.17) is 16.3 Å². The predicted molar refractivity (Wildman–Crippen MR) is 126 cm³/mol. The molecule has 0 saturated heterocycles. The zero-order valence-corrected chi connectivity index (χ0v) is 19.3. The molecular weight excluding hydrogens is 498 g/mol. The van der Waals surface area contributed by atoms with Crippen LogP contribution in [0.1, 0.15) is 11.1 Å². The Kier molecular flexibility index (Phi) is 6.10. The zero-order valence-electron chi connectivity index (χ0n) is 16.9. The molecule has 1 atom stereocenters. The van der Waals surface area contributed by atoms with E-state index in [0.717, 1.165) is 10.5 Å². The molecule has 0 aromatic heterocycles. The minimum atomic E-state index is -2.30. The number of halogens is 2. The van der Waals surface area contributed by atoms with Crippen molar-refractivity contribution in [2.45, 2.75) is 12.3 Å². The van der Waals surface area contributed by atoms with Gasteiger partial charge in [-0.3, -0.25) is 9.69 Å². The van der Waals surface area contributed by atoms with Gasteiger partial charge in [-0.1, -0.05) is 39.7 Å². The van der Waals surface area contributed by atoms with Crippen LogP contribution in [0.3, 0.4) is 0 Å². The lowest BCUT2D eigenvalue weighted by Crippen LogP contribution is -2.62. The number of nitrogens with one attached hydrogen (secondary N) is 2. The highest BCUT2D eigenvalue weighted by Gasteiger charge is 2.52. The molecule has 1 unspecified atom stereocenters. The molecule has 0 aliphatic carbocycles. The summed E-state index contributed by atoms with van der Waals surface area (Å²) < 4.78 is 5.79. The Morgan fingerprint density at radius 1 is 1.16 bits per heavy atom. The summed E-state index contributed by atoms with van der Waals surface area (Å²) in [6.45, 7) is 0.143. The second kappa shape index (κ2) is 8.82. The van der Waals surface area contributed by atoms with Crippen LogP contribution in [0, 0.1) is 0 Å². The van der Waals surface area contributed by atoms with Crippen LogP contribution in [0.5, 0.6) is 5.75 Å². The monoisotopic (exact) mass is 515 g/mol. The van der Waals surface area contributed by atoms with Gasteiger partial charge in [0.2, 0.25) is 0 Å². The van der Waals surface area contributed by atoms with E-state index in [9.17, 15) is 14.7 Å². The fraction of sp³-hybridized carbons (Fsp3) is 0.130. The van der Waals surface area contributed by atoms with Gasteiger partial charge in [-0.15, -0.1) is 0 Å². The summed E-state index contributed by atoms with van der Waals surface area (Å²) in [5.74, 6) is -0.0622. The molecule has 0 radical (unpaired) electrons. The molecule has 7 nitrogen and oxygen atoms in total. The van der Waals surface area contributed by atoms with Crippen LogP contribution >= 0.6 is 27.5 Å². The number of benzene rings is 3. The molecule has 32 heavy (non-hydrogen) atoms. The second-order valence-electron chi connectivity index (χ2n) is 7.13. The first-order valence-electron chi connectivity index (χ1n) is 9.63. The first-order chi connectivity index (χ1) is 15.3. The fourth-order valence-corrected chi connectivity index (χ4v) is 4.01. The third-order valence-electron chi connectivity index (χ3n) is 5.14. The number of urea groups is 1. The van der Waals surface area contributed by atoms with E-state index < -0.39 is 17.7 Å². The quantitative estimate of drug-likeness (QED) is 0.461. The lowest BCUT2D eigenvalue weighted by molar-refractivity contribution is -0.140. The van der Waals surface area contributed by atoms with Gasteiger partial charge in [0.15, 0.2) is 0 Å². The number of methoxy groups -OCH3 is 1. The van der Waals surface area contributed by atoms with Crippen LogP contribution in [-0.2, 0) is 17.1 Å². The Morgan fingerprint density at radius 3 is 2.50 bits per heavy atom. The maximum Gasteiger partial charge on any atom is 0.329 e. The van der Waals surface area contributed by atoms with Gasteiger partial charge in [0, 0.05) is 27.3 Å². The first kappa shape index (κ1) is 22.1. The van der Waals surface area contributed by atoms with Gasteiger partial charge in [-0.25, -0.2) is 4.79 Å². The summed E-state index contributed by atoms with van der Waals surface area (Å²) in [7, 11) is 1.57. The third-order valence-corrected chi connectivity index (χ3v) is 5.88. The van der Waals surface area contributed by atoms with Crippen molar-refractivity contribution < 1.29 is 19.4 Å². The van der Waals surface area contributed by atoms with Crippen LogP contribution in [0.25, 0.3) is 0 Å². The smallest absolute Gasteiger partial charge is 0.329 e. The molecule has 3 N–H and O–H groups in total. The normalized spacial score (nSPS) is 17.4. The molecule has 0 fully saturated rings. The Hall–Kier alpha value is -3.07. The average Bonchev–Trinajstić information content (AvgIpc) is 2.79. The average molecular weight is 517 g/mol. The molecule has 0 bridgehead atoms. The van der Waals surface area contributed by atoms with Gasteiger partial charge >= 0.3 is 6.03 Å². The SMILES string of the molecule is COc1ccc(CNC(=O)C2(O)c3cc(Br)ccc3NC(=O)N2c2ccc(Cl)cc2)cc1. The number of hydrogen-bond donors (Lipinski definition) is 3. The molecule has 1 heterocycles. The van der Waals surface area contributed by atoms with Crippen molar-refractivity contribution >= 4 is 50.8 Å². The standard InChI is InChI=1S/C23H19BrClN3O4/c1-32-18-9-2-14(3-10-18)13-26-21(29)23(31)19-12-15(24)4-11-20(19)27-22(30)28(23)17-7-5-16(25)6-8-17/h2-12,31H,13H2,1H3,(H,26,29)(H,27,30). The van der Waals surface area contributed by atoms with Crippen molar-refractivity contribution in [2.75, 3.05) is 17.3 Å². The Labute approximate surface area is 198 Å². The number of ether oxygens (including phenoxy) is 1. The number of aliphatic hydroxyl groups is 1. The third kappa shape index (κ3) is 4.04. The predicted octanol–water partition coefficient (Wildman–Crippen LogP) is 4.62. The molecule has 4 rings (SSSR count). The highest BCUT2D eigenvalue weighted by Crippen LogP contribution is 2.41. The van der Waals surface area contributed by atoms with Crippen LogP contribution in [0.4, 0.5) is 16.2 Å². The van der Waals surface area contributed by atoms with Gasteiger partial charge in [-0.05, 0) is 60.2 Å². The van der Waals surface area contributed by atoms with E-state index >= 15 is 0 Å². The number of hydrogen-bond acceptors (Lipinski definition) is 4. The van der Waals surface area contributed by atoms with Crippen molar-refractivity contribution in [3.8, 4) is 5.75 Å². The molecule has 164 valence electrons. The minimum Gasteiger partial charge on any atom is -0.497 e. The molecule has 1 aliphatic heterocycles. The largest absolute Gasteiger partial charge is 0.497 e. The van der Waals surface area contributed by atoms with Crippen LogP contribution in [0.2, 0.25) is 5.02 Å². The summed E-state index contributed by atoms with van der Waals surface area (Å²) in [5, 5.41) is 17.7. The number of nitrogens with zero attached hydrogens (tertiary/aromatic N) is 1. The molecule has 1 aliphatic rings. The number of amides is 3. The van der Waals surface area contributed by atoms with Gasteiger partial charge < -0.3 is 20.5 Å². The summed E-state index contributed by atoms with van der Waals surface area (Å²) in [6, 6.07) is 17.7. The van der Waals surface area contributed by atoms with E-state index in [1.54, 1.807) is 73.8 Å². The first-order valence-corrected chi connectivity index (χ1v) is 10.8. The Bertz CT molecular complexity index is 1170. The summed E-state index contributed by atoms with van der Waals surface area (Å²) >= 11 is 9.36. The van der Waals surface area contributed by atoms with E-state index in [1.165, 1.54) is 0 Å². The molecular formula is C23H19BrClN3O4. The second-order valence-corrected chi connectivity index (χ2v) is 8.49. The zero-order chi connectivity index (χ0) is 22.9. The molecule has 3 aromatic carbocycles. The summed E-state index contributed by atoms with van der Waals surface area (Å²) in [4.78, 5) is 27.5. The van der Waals surface area contributed by atoms with E-state index in [1.807, 2.05) is 0 Å². The highest BCUT2D eigenvalue weighted by atomic mass is 79.9. The molecule has 9 heteroatoms. The van der Waals surface area contributed by atoms with E-state index in [0.29, 0.717) is 26.6 Å². The number of anilines is 2. The Balaban J connectivity index is 1.73. The van der Waals surface area contributed by atoms with E-state index in [-0.39, 0.29) is 12.1 Å². The lowest BCUT2D eigenvalue weighted by Gasteiger charge is -2.42. The number of fused-ring (bicyclic) bond motifs is 1. The van der Waals surface area contributed by atoms with Crippen LogP contribution < -0.4 is 20.3 Å². The van der Waals surface area contributed by atoms with Crippen molar-refractivity contribution in [3.05, 3.63) is 87.4 Å². The van der Waals surface area contributed by atoms with Crippen molar-refractivity contribution in [2.24, 2.45) is 0 Å². The van der Waals surface area contributed by atoms with Gasteiger partial charge in [0.25, 0.3) is 11.6 Å². The summed E-state index contributed by atoms with van der Waals surface area (Å²) in [6.07, 6.45) is 0. The number of carbonyl (C=O) groups excluding carboxylic acids is 2. The fourth-order valence-electron chi connectivity index (χ4n) is 3.52. The maximum atomic E-state index is 13.4. The van der Waals surface area contributed by atoms with Gasteiger partial charge in [-0.2, -0.15) is 0 Å². The topological polar surface area (TPSA) is 90.9 Å². The molecule has 3 amide bonds. The van der Waals surface area contributed by atoms with Crippen LogP contribution in [-0.4, -0.2) is 24.2 Å². The highest BCUT2D eigenvalue weighted by molar-refractivity contribution is 9.10. The molecule has 0 saturated carbocycles. The number of rotatable bonds is 5. The van der Waals surface area contributed by atoms with Crippen molar-refractivity contribution in [1.82, 2.24) is 5.32 Å². The minimum absolute atomic E-state index is 0.143. The molecule has 0 spiro atoms. The van der Waals surface area contributed by atoms with Crippen molar-refractivity contribution in [1.29, 1.82) is 0 Å².